The minimum Gasteiger partial charge on any atom is -0.299 e. The van der Waals surface area contributed by atoms with Crippen LogP contribution in [-0.4, -0.2) is 11.6 Å². The molecule has 2 saturated carbocycles. The summed E-state index contributed by atoms with van der Waals surface area (Å²) < 4.78 is 0. The van der Waals surface area contributed by atoms with E-state index in [4.69, 9.17) is 0 Å². The number of hydrogen-bond acceptors (Lipinski definition) is 2. The molecular formula is C12H14O2. The van der Waals surface area contributed by atoms with Gasteiger partial charge in [-0.2, -0.15) is 0 Å². The van der Waals surface area contributed by atoms with Crippen LogP contribution >= 0.6 is 0 Å². The predicted octanol–water partition coefficient (Wildman–Crippen LogP) is 1.89. The van der Waals surface area contributed by atoms with E-state index in [-0.39, 0.29) is 23.4 Å². The molecule has 0 aromatic heterocycles. The summed E-state index contributed by atoms with van der Waals surface area (Å²) in [5, 5.41) is 0. The van der Waals surface area contributed by atoms with Gasteiger partial charge in [0, 0.05) is 11.8 Å². The average molecular weight is 190 g/mol. The second-order valence-electron chi connectivity index (χ2n) is 4.99. The largest absolute Gasteiger partial charge is 0.299 e. The van der Waals surface area contributed by atoms with Gasteiger partial charge in [-0.05, 0) is 31.1 Å². The SMILES string of the molecule is O=C1CCC2(CC3C=CC2C3)C(=O)C1. The molecule has 2 fully saturated rings. The number of carbonyl (C=O) groups excluding carboxylic acids is 2. The summed E-state index contributed by atoms with van der Waals surface area (Å²) in [5.41, 5.74) is -0.118. The van der Waals surface area contributed by atoms with Crippen LogP contribution in [0.1, 0.15) is 32.1 Å². The zero-order chi connectivity index (χ0) is 9.76. The van der Waals surface area contributed by atoms with Crippen molar-refractivity contribution in [1.29, 1.82) is 0 Å². The van der Waals surface area contributed by atoms with Gasteiger partial charge in [0.25, 0.3) is 0 Å². The van der Waals surface area contributed by atoms with Crippen LogP contribution < -0.4 is 0 Å². The van der Waals surface area contributed by atoms with Gasteiger partial charge >= 0.3 is 0 Å². The van der Waals surface area contributed by atoms with Gasteiger partial charge in [0.15, 0.2) is 0 Å². The van der Waals surface area contributed by atoms with Crippen LogP contribution in [0.4, 0.5) is 0 Å². The Labute approximate surface area is 83.4 Å². The molecule has 0 N–H and O–H groups in total. The Morgan fingerprint density at radius 3 is 2.71 bits per heavy atom. The third-order valence-electron chi connectivity index (χ3n) is 4.27. The fourth-order valence-corrected chi connectivity index (χ4v) is 3.51. The van der Waals surface area contributed by atoms with Crippen molar-refractivity contribution in [3.8, 4) is 0 Å². The van der Waals surface area contributed by atoms with Gasteiger partial charge in [0.05, 0.1) is 6.42 Å². The average Bonchev–Trinajstić information content (AvgIpc) is 2.72. The molecule has 3 rings (SSSR count). The van der Waals surface area contributed by atoms with Gasteiger partial charge in [-0.3, -0.25) is 9.59 Å². The Morgan fingerprint density at radius 2 is 2.14 bits per heavy atom. The Morgan fingerprint density at radius 1 is 1.29 bits per heavy atom. The van der Waals surface area contributed by atoms with Crippen LogP contribution in [-0.2, 0) is 9.59 Å². The maximum Gasteiger partial charge on any atom is 0.146 e. The van der Waals surface area contributed by atoms with Crippen molar-refractivity contribution in [2.45, 2.75) is 32.1 Å². The van der Waals surface area contributed by atoms with Crippen LogP contribution in [0.3, 0.4) is 0 Å². The standard InChI is InChI=1S/C12H14O2/c13-10-3-4-12(11(14)6-10)7-8-1-2-9(12)5-8/h1-2,8-9H,3-7H2. The third kappa shape index (κ3) is 0.915. The van der Waals surface area contributed by atoms with Crippen molar-refractivity contribution in [3.63, 3.8) is 0 Å². The maximum atomic E-state index is 12.0. The smallest absolute Gasteiger partial charge is 0.146 e. The number of Topliss-reactive ketones (excluding diaryl/α,β-unsaturated/α-hetero) is 2. The third-order valence-corrected chi connectivity index (χ3v) is 4.27. The normalized spacial score (nSPS) is 45.4. The van der Waals surface area contributed by atoms with Gasteiger partial charge in [-0.1, -0.05) is 12.2 Å². The number of rotatable bonds is 0. The molecule has 0 saturated heterocycles. The summed E-state index contributed by atoms with van der Waals surface area (Å²) in [6.07, 6.45) is 8.28. The second-order valence-corrected chi connectivity index (χ2v) is 4.99. The lowest BCUT2D eigenvalue weighted by molar-refractivity contribution is -0.139. The maximum absolute atomic E-state index is 12.0. The Bertz CT molecular complexity index is 342. The summed E-state index contributed by atoms with van der Waals surface area (Å²) in [6.45, 7) is 0. The minimum absolute atomic E-state index is 0.118. The Balaban J connectivity index is 1.94. The molecule has 3 aliphatic rings. The topological polar surface area (TPSA) is 34.1 Å². The van der Waals surface area contributed by atoms with E-state index in [0.717, 1.165) is 19.3 Å². The quantitative estimate of drug-likeness (QED) is 0.432. The lowest BCUT2D eigenvalue weighted by atomic mass is 9.65. The van der Waals surface area contributed by atoms with Gasteiger partial charge in [-0.25, -0.2) is 0 Å². The van der Waals surface area contributed by atoms with Gasteiger partial charge in [-0.15, -0.1) is 0 Å². The summed E-state index contributed by atoms with van der Waals surface area (Å²) in [5.74, 6) is 1.45. The molecule has 0 heterocycles. The highest BCUT2D eigenvalue weighted by Crippen LogP contribution is 2.56. The molecular weight excluding hydrogens is 176 g/mol. The van der Waals surface area contributed by atoms with E-state index in [1.54, 1.807) is 0 Å². The molecule has 2 bridgehead atoms. The molecule has 0 amide bonds. The monoisotopic (exact) mass is 190 g/mol. The van der Waals surface area contributed by atoms with Crippen molar-refractivity contribution in [3.05, 3.63) is 12.2 Å². The lowest BCUT2D eigenvalue weighted by Gasteiger charge is -2.36. The fraction of sp³-hybridized carbons (Fsp3) is 0.667. The molecule has 3 aliphatic carbocycles. The van der Waals surface area contributed by atoms with Crippen molar-refractivity contribution in [1.82, 2.24) is 0 Å². The molecule has 74 valence electrons. The summed E-state index contributed by atoms with van der Waals surface area (Å²) in [6, 6.07) is 0. The Hall–Kier alpha value is -0.920. The molecule has 0 aromatic rings. The number of carbonyl (C=O) groups is 2. The van der Waals surface area contributed by atoms with E-state index in [1.165, 1.54) is 0 Å². The number of fused-ring (bicyclic) bond motifs is 3. The number of ketones is 2. The zero-order valence-electron chi connectivity index (χ0n) is 8.16. The summed E-state index contributed by atoms with van der Waals surface area (Å²) in [7, 11) is 0. The van der Waals surface area contributed by atoms with Crippen LogP contribution in [0.15, 0.2) is 12.2 Å². The zero-order valence-corrected chi connectivity index (χ0v) is 8.16. The molecule has 1 spiro atoms. The van der Waals surface area contributed by atoms with Crippen molar-refractivity contribution >= 4 is 11.6 Å². The summed E-state index contributed by atoms with van der Waals surface area (Å²) >= 11 is 0. The van der Waals surface area contributed by atoms with E-state index in [9.17, 15) is 9.59 Å². The molecule has 2 nitrogen and oxygen atoms in total. The van der Waals surface area contributed by atoms with E-state index < -0.39 is 0 Å². The molecule has 3 unspecified atom stereocenters. The molecule has 0 radical (unpaired) electrons. The molecule has 0 aromatic carbocycles. The van der Waals surface area contributed by atoms with Crippen LogP contribution in [0.25, 0.3) is 0 Å². The first kappa shape index (κ1) is 8.39. The van der Waals surface area contributed by atoms with Gasteiger partial charge < -0.3 is 0 Å². The van der Waals surface area contributed by atoms with E-state index in [1.807, 2.05) is 0 Å². The molecule has 3 atom stereocenters. The highest BCUT2D eigenvalue weighted by molar-refractivity contribution is 6.04. The minimum atomic E-state index is -0.118. The first-order valence-electron chi connectivity index (χ1n) is 5.44. The van der Waals surface area contributed by atoms with Gasteiger partial charge in [0.1, 0.15) is 11.6 Å². The lowest BCUT2D eigenvalue weighted by Crippen LogP contribution is -2.40. The molecule has 2 heteroatoms. The fourth-order valence-electron chi connectivity index (χ4n) is 3.51. The van der Waals surface area contributed by atoms with Crippen LogP contribution in [0, 0.1) is 17.3 Å². The van der Waals surface area contributed by atoms with Crippen molar-refractivity contribution < 1.29 is 9.59 Å². The van der Waals surface area contributed by atoms with Crippen molar-refractivity contribution in [2.24, 2.45) is 17.3 Å². The van der Waals surface area contributed by atoms with Crippen LogP contribution in [0.5, 0.6) is 0 Å². The van der Waals surface area contributed by atoms with Gasteiger partial charge in [0.2, 0.25) is 0 Å². The molecule has 14 heavy (non-hydrogen) atoms. The van der Waals surface area contributed by atoms with Crippen LogP contribution in [0.2, 0.25) is 0 Å². The first-order chi connectivity index (χ1) is 6.71. The van der Waals surface area contributed by atoms with E-state index >= 15 is 0 Å². The predicted molar refractivity (Wildman–Crippen MR) is 51.7 cm³/mol. The number of allylic oxidation sites excluding steroid dienone is 2. The highest BCUT2D eigenvalue weighted by Gasteiger charge is 2.54. The van der Waals surface area contributed by atoms with Crippen molar-refractivity contribution in [2.75, 3.05) is 0 Å². The highest BCUT2D eigenvalue weighted by atomic mass is 16.2. The Kier molecular flexibility index (Phi) is 1.53. The number of hydrogen-bond donors (Lipinski definition) is 0. The molecule has 0 aliphatic heterocycles. The second kappa shape index (κ2) is 2.56. The first-order valence-corrected chi connectivity index (χ1v) is 5.44. The summed E-state index contributed by atoms with van der Waals surface area (Å²) in [4.78, 5) is 23.1. The van der Waals surface area contributed by atoms with E-state index in [2.05, 4.69) is 12.2 Å². The van der Waals surface area contributed by atoms with E-state index in [0.29, 0.717) is 18.3 Å².